The molecule has 2 heterocycles. The summed E-state index contributed by atoms with van der Waals surface area (Å²) in [4.78, 5) is 20.2. The molecule has 116 valence electrons. The van der Waals surface area contributed by atoms with Crippen LogP contribution in [0.2, 0.25) is 0 Å². The number of nitrogens with one attached hydrogen (secondary N) is 2. The molecule has 2 amide bonds. The highest BCUT2D eigenvalue weighted by molar-refractivity contribution is 5.74. The summed E-state index contributed by atoms with van der Waals surface area (Å²) in [6, 6.07) is 7.71. The highest BCUT2D eigenvalue weighted by Crippen LogP contribution is 2.14. The van der Waals surface area contributed by atoms with E-state index in [0.717, 1.165) is 29.7 Å². The largest absolute Gasteiger partial charge is 0.338 e. The summed E-state index contributed by atoms with van der Waals surface area (Å²) in [5, 5.41) is 5.87. The number of amides is 2. The average Bonchev–Trinajstić information content (AvgIpc) is 2.55. The van der Waals surface area contributed by atoms with Gasteiger partial charge in [-0.3, -0.25) is 9.97 Å². The fraction of sp³-hybridized carbons (Fsp3) is 0.353. The number of aromatic nitrogens is 2. The van der Waals surface area contributed by atoms with Crippen molar-refractivity contribution in [1.29, 1.82) is 0 Å². The van der Waals surface area contributed by atoms with Crippen molar-refractivity contribution < 1.29 is 4.79 Å². The third-order valence-corrected chi connectivity index (χ3v) is 3.49. The molecule has 0 radical (unpaired) electrons. The minimum atomic E-state index is -0.149. The molecule has 0 spiro atoms. The Bertz CT molecular complexity index is 583. The minimum Gasteiger partial charge on any atom is -0.338 e. The lowest BCUT2D eigenvalue weighted by atomic mass is 10.1. The van der Waals surface area contributed by atoms with E-state index < -0.39 is 0 Å². The number of carbonyl (C=O) groups excluding carboxylic acids is 1. The molecule has 2 rings (SSSR count). The third kappa shape index (κ3) is 4.84. The number of pyridine rings is 2. The summed E-state index contributed by atoms with van der Waals surface area (Å²) in [5.74, 6) is 0. The van der Waals surface area contributed by atoms with Crippen molar-refractivity contribution in [3.05, 3.63) is 59.7 Å². The molecule has 0 aliphatic carbocycles. The van der Waals surface area contributed by atoms with Crippen molar-refractivity contribution in [2.45, 2.75) is 32.7 Å². The van der Waals surface area contributed by atoms with Gasteiger partial charge in [0.15, 0.2) is 0 Å². The fourth-order valence-corrected chi connectivity index (χ4v) is 2.19. The summed E-state index contributed by atoms with van der Waals surface area (Å²) in [6.45, 7) is 4.59. The van der Waals surface area contributed by atoms with Gasteiger partial charge in [0, 0.05) is 30.8 Å². The zero-order valence-electron chi connectivity index (χ0n) is 13.0. The highest BCUT2D eigenvalue weighted by atomic mass is 16.2. The van der Waals surface area contributed by atoms with Gasteiger partial charge in [-0.2, -0.15) is 0 Å². The lowest BCUT2D eigenvalue weighted by Gasteiger charge is -2.17. The van der Waals surface area contributed by atoms with Gasteiger partial charge in [-0.05, 0) is 49.1 Å². The van der Waals surface area contributed by atoms with Crippen molar-refractivity contribution in [2.75, 3.05) is 6.54 Å². The van der Waals surface area contributed by atoms with Gasteiger partial charge in [0.05, 0.1) is 6.04 Å². The van der Waals surface area contributed by atoms with Crippen molar-refractivity contribution in [2.24, 2.45) is 0 Å². The number of hydrogen-bond acceptors (Lipinski definition) is 3. The zero-order valence-corrected chi connectivity index (χ0v) is 13.0. The maximum absolute atomic E-state index is 12.0. The van der Waals surface area contributed by atoms with Crippen molar-refractivity contribution in [3.8, 4) is 0 Å². The van der Waals surface area contributed by atoms with E-state index in [1.807, 2.05) is 44.3 Å². The molecule has 2 aromatic heterocycles. The molecule has 5 heteroatoms. The number of aryl methyl sites for hydroxylation is 1. The van der Waals surface area contributed by atoms with Crippen LogP contribution in [-0.2, 0) is 6.42 Å². The molecule has 0 saturated carbocycles. The van der Waals surface area contributed by atoms with Crippen LogP contribution in [0.1, 0.15) is 36.2 Å². The van der Waals surface area contributed by atoms with E-state index in [-0.39, 0.29) is 12.1 Å². The topological polar surface area (TPSA) is 66.9 Å². The van der Waals surface area contributed by atoms with Gasteiger partial charge in [0.25, 0.3) is 0 Å². The molecule has 5 nitrogen and oxygen atoms in total. The van der Waals surface area contributed by atoms with Crippen LogP contribution >= 0.6 is 0 Å². The first-order valence-corrected chi connectivity index (χ1v) is 7.55. The van der Waals surface area contributed by atoms with Gasteiger partial charge >= 0.3 is 6.03 Å². The van der Waals surface area contributed by atoms with Crippen LogP contribution in [0.15, 0.2) is 42.9 Å². The maximum Gasteiger partial charge on any atom is 0.315 e. The number of nitrogens with zero attached hydrogens (tertiary/aromatic N) is 2. The molecule has 2 aromatic rings. The molecule has 0 fully saturated rings. The van der Waals surface area contributed by atoms with Crippen molar-refractivity contribution >= 4 is 6.03 Å². The Morgan fingerprint density at radius 3 is 2.64 bits per heavy atom. The van der Waals surface area contributed by atoms with Gasteiger partial charge in [-0.15, -0.1) is 0 Å². The van der Waals surface area contributed by atoms with Crippen LogP contribution in [0, 0.1) is 6.92 Å². The van der Waals surface area contributed by atoms with Crippen LogP contribution in [0.3, 0.4) is 0 Å². The number of hydrogen-bond donors (Lipinski definition) is 2. The molecule has 1 unspecified atom stereocenters. The van der Waals surface area contributed by atoms with E-state index >= 15 is 0 Å². The monoisotopic (exact) mass is 298 g/mol. The SMILES string of the molecule is CCC(NC(=O)NCCc1ccc(C)nc1)c1ccncc1. The lowest BCUT2D eigenvalue weighted by Crippen LogP contribution is -2.38. The van der Waals surface area contributed by atoms with Crippen LogP contribution in [0.4, 0.5) is 4.79 Å². The average molecular weight is 298 g/mol. The van der Waals surface area contributed by atoms with E-state index in [1.165, 1.54) is 0 Å². The van der Waals surface area contributed by atoms with Crippen LogP contribution < -0.4 is 10.6 Å². The lowest BCUT2D eigenvalue weighted by molar-refractivity contribution is 0.237. The number of urea groups is 1. The first-order valence-electron chi connectivity index (χ1n) is 7.55. The van der Waals surface area contributed by atoms with E-state index in [0.29, 0.717) is 6.54 Å². The van der Waals surface area contributed by atoms with Crippen molar-refractivity contribution in [1.82, 2.24) is 20.6 Å². The Balaban J connectivity index is 1.78. The Labute approximate surface area is 131 Å². The minimum absolute atomic E-state index is 0.00374. The van der Waals surface area contributed by atoms with Gasteiger partial charge in [0.2, 0.25) is 0 Å². The molecular formula is C17H22N4O. The van der Waals surface area contributed by atoms with E-state index in [1.54, 1.807) is 12.4 Å². The van der Waals surface area contributed by atoms with Gasteiger partial charge < -0.3 is 10.6 Å². The highest BCUT2D eigenvalue weighted by Gasteiger charge is 2.11. The molecule has 0 aromatic carbocycles. The molecular weight excluding hydrogens is 276 g/mol. The Morgan fingerprint density at radius 1 is 1.23 bits per heavy atom. The smallest absolute Gasteiger partial charge is 0.315 e. The summed E-state index contributed by atoms with van der Waals surface area (Å²) in [7, 11) is 0. The van der Waals surface area contributed by atoms with E-state index in [2.05, 4.69) is 20.6 Å². The Hall–Kier alpha value is -2.43. The molecule has 0 bridgehead atoms. The number of rotatable bonds is 6. The molecule has 22 heavy (non-hydrogen) atoms. The standard InChI is InChI=1S/C17H22N4O/c1-3-16(15-7-9-18-10-8-15)21-17(22)19-11-6-14-5-4-13(2)20-12-14/h4-5,7-10,12,16H,3,6,11H2,1-2H3,(H2,19,21,22). The van der Waals surface area contributed by atoms with Crippen LogP contribution in [0.5, 0.6) is 0 Å². The second-order valence-corrected chi connectivity index (χ2v) is 5.20. The summed E-state index contributed by atoms with van der Waals surface area (Å²) >= 11 is 0. The predicted molar refractivity (Wildman–Crippen MR) is 86.5 cm³/mol. The summed E-state index contributed by atoms with van der Waals surface area (Å²) < 4.78 is 0. The number of carbonyl (C=O) groups is 1. The first kappa shape index (κ1) is 15.9. The first-order chi connectivity index (χ1) is 10.7. The quantitative estimate of drug-likeness (QED) is 0.861. The zero-order chi connectivity index (χ0) is 15.8. The van der Waals surface area contributed by atoms with E-state index in [9.17, 15) is 4.79 Å². The third-order valence-electron chi connectivity index (χ3n) is 3.49. The normalized spacial score (nSPS) is 11.7. The Kier molecular flexibility index (Phi) is 5.89. The summed E-state index contributed by atoms with van der Waals surface area (Å²) in [5.41, 5.74) is 3.18. The second kappa shape index (κ2) is 8.12. The second-order valence-electron chi connectivity index (χ2n) is 5.20. The van der Waals surface area contributed by atoms with Crippen molar-refractivity contribution in [3.63, 3.8) is 0 Å². The van der Waals surface area contributed by atoms with Crippen LogP contribution in [0.25, 0.3) is 0 Å². The predicted octanol–water partition coefficient (Wildman–Crippen LogP) is 2.78. The molecule has 1 atom stereocenters. The maximum atomic E-state index is 12.0. The van der Waals surface area contributed by atoms with Crippen LogP contribution in [-0.4, -0.2) is 22.5 Å². The molecule has 2 N–H and O–H groups in total. The van der Waals surface area contributed by atoms with Gasteiger partial charge in [-0.25, -0.2) is 4.79 Å². The van der Waals surface area contributed by atoms with Gasteiger partial charge in [-0.1, -0.05) is 13.0 Å². The van der Waals surface area contributed by atoms with E-state index in [4.69, 9.17) is 0 Å². The fourth-order valence-electron chi connectivity index (χ4n) is 2.19. The molecule has 0 saturated heterocycles. The summed E-state index contributed by atoms with van der Waals surface area (Å²) in [6.07, 6.45) is 6.93. The van der Waals surface area contributed by atoms with Gasteiger partial charge in [0.1, 0.15) is 0 Å². The molecule has 0 aliphatic rings. The molecule has 0 aliphatic heterocycles. The Morgan fingerprint density at radius 2 is 2.00 bits per heavy atom.